The molecule has 0 bridgehead atoms. The molecular formula is C16H26ClNO. The van der Waals surface area contributed by atoms with E-state index in [1.54, 1.807) is 0 Å². The van der Waals surface area contributed by atoms with E-state index in [1.807, 2.05) is 24.3 Å². The zero-order valence-corrected chi connectivity index (χ0v) is 12.9. The van der Waals surface area contributed by atoms with E-state index in [-0.39, 0.29) is 0 Å². The third-order valence-corrected chi connectivity index (χ3v) is 3.41. The highest BCUT2D eigenvalue weighted by Gasteiger charge is 2.00. The second-order valence-electron chi connectivity index (χ2n) is 5.03. The average Bonchev–Trinajstić information content (AvgIpc) is 2.41. The molecule has 0 heterocycles. The van der Waals surface area contributed by atoms with Crippen molar-refractivity contribution >= 4 is 11.6 Å². The molecule has 1 rings (SSSR count). The van der Waals surface area contributed by atoms with Crippen molar-refractivity contribution < 1.29 is 4.74 Å². The Labute approximate surface area is 122 Å². The van der Waals surface area contributed by atoms with Gasteiger partial charge in [-0.25, -0.2) is 0 Å². The van der Waals surface area contributed by atoms with Gasteiger partial charge >= 0.3 is 0 Å². The predicted octanol–water partition coefficient (Wildman–Crippen LogP) is 4.42. The summed E-state index contributed by atoms with van der Waals surface area (Å²) < 4.78 is 5.63. The lowest BCUT2D eigenvalue weighted by molar-refractivity contribution is 0.120. The molecule has 3 heteroatoms. The topological polar surface area (TPSA) is 21.3 Å². The van der Waals surface area contributed by atoms with Gasteiger partial charge in [0.25, 0.3) is 0 Å². The molecule has 19 heavy (non-hydrogen) atoms. The van der Waals surface area contributed by atoms with Crippen LogP contribution in [-0.2, 0) is 11.3 Å². The molecule has 0 aliphatic rings. The van der Waals surface area contributed by atoms with Crippen LogP contribution < -0.4 is 5.32 Å². The number of unbranched alkanes of at least 4 members (excludes halogenated alkanes) is 2. The van der Waals surface area contributed by atoms with E-state index in [4.69, 9.17) is 16.3 Å². The monoisotopic (exact) mass is 283 g/mol. The van der Waals surface area contributed by atoms with Crippen molar-refractivity contribution in [2.24, 2.45) is 0 Å². The highest BCUT2D eigenvalue weighted by atomic mass is 35.5. The van der Waals surface area contributed by atoms with Gasteiger partial charge in [-0.15, -0.1) is 0 Å². The van der Waals surface area contributed by atoms with Gasteiger partial charge in [-0.3, -0.25) is 0 Å². The van der Waals surface area contributed by atoms with Crippen molar-refractivity contribution in [1.82, 2.24) is 5.32 Å². The SMILES string of the molecule is CCCCCC(C)NCCOCc1ccc(Cl)cc1. The van der Waals surface area contributed by atoms with E-state index in [1.165, 1.54) is 31.2 Å². The third-order valence-electron chi connectivity index (χ3n) is 3.16. The molecule has 0 aliphatic heterocycles. The van der Waals surface area contributed by atoms with Crippen LogP contribution in [0.3, 0.4) is 0 Å². The second kappa shape index (κ2) is 10.2. The lowest BCUT2D eigenvalue weighted by Crippen LogP contribution is -2.29. The Bertz CT molecular complexity index is 326. The van der Waals surface area contributed by atoms with Crippen molar-refractivity contribution in [2.45, 2.75) is 52.2 Å². The average molecular weight is 284 g/mol. The predicted molar refractivity (Wildman–Crippen MR) is 82.7 cm³/mol. The Kier molecular flexibility index (Phi) is 8.89. The Hall–Kier alpha value is -0.570. The summed E-state index contributed by atoms with van der Waals surface area (Å²) in [7, 11) is 0. The van der Waals surface area contributed by atoms with Crippen molar-refractivity contribution in [3.63, 3.8) is 0 Å². The molecule has 0 radical (unpaired) electrons. The summed E-state index contributed by atoms with van der Waals surface area (Å²) in [5.41, 5.74) is 1.17. The maximum absolute atomic E-state index is 5.83. The summed E-state index contributed by atoms with van der Waals surface area (Å²) in [6.07, 6.45) is 5.19. The highest BCUT2D eigenvalue weighted by Crippen LogP contribution is 2.10. The number of nitrogens with one attached hydrogen (secondary N) is 1. The summed E-state index contributed by atoms with van der Waals surface area (Å²) >= 11 is 5.83. The standard InChI is InChI=1S/C16H26ClNO/c1-3-4-5-6-14(2)18-11-12-19-13-15-7-9-16(17)10-8-15/h7-10,14,18H,3-6,11-13H2,1-2H3. The highest BCUT2D eigenvalue weighted by molar-refractivity contribution is 6.30. The van der Waals surface area contributed by atoms with Gasteiger partial charge in [0, 0.05) is 17.6 Å². The summed E-state index contributed by atoms with van der Waals surface area (Å²) in [4.78, 5) is 0. The summed E-state index contributed by atoms with van der Waals surface area (Å²) in [5, 5.41) is 4.26. The lowest BCUT2D eigenvalue weighted by Gasteiger charge is -2.13. The Morgan fingerprint density at radius 1 is 1.21 bits per heavy atom. The molecule has 0 saturated heterocycles. The lowest BCUT2D eigenvalue weighted by atomic mass is 10.1. The molecule has 1 unspecified atom stereocenters. The summed E-state index contributed by atoms with van der Waals surface area (Å²) in [5.74, 6) is 0. The van der Waals surface area contributed by atoms with Crippen molar-refractivity contribution in [2.75, 3.05) is 13.2 Å². The van der Waals surface area contributed by atoms with Crippen LogP contribution in [0.2, 0.25) is 5.02 Å². The van der Waals surface area contributed by atoms with E-state index in [0.29, 0.717) is 12.6 Å². The maximum atomic E-state index is 5.83. The number of rotatable bonds is 10. The van der Waals surface area contributed by atoms with Crippen LogP contribution in [-0.4, -0.2) is 19.2 Å². The molecule has 108 valence electrons. The van der Waals surface area contributed by atoms with E-state index in [0.717, 1.165) is 18.2 Å². The van der Waals surface area contributed by atoms with Gasteiger partial charge in [0.1, 0.15) is 0 Å². The van der Waals surface area contributed by atoms with Crippen molar-refractivity contribution in [3.05, 3.63) is 34.9 Å². The Balaban J connectivity index is 2.00. The van der Waals surface area contributed by atoms with Gasteiger partial charge < -0.3 is 10.1 Å². The maximum Gasteiger partial charge on any atom is 0.0717 e. The quantitative estimate of drug-likeness (QED) is 0.642. The summed E-state index contributed by atoms with van der Waals surface area (Å²) in [6.45, 7) is 6.81. The zero-order valence-electron chi connectivity index (χ0n) is 12.1. The number of hydrogen-bond acceptors (Lipinski definition) is 2. The van der Waals surface area contributed by atoms with E-state index >= 15 is 0 Å². The number of benzene rings is 1. The Morgan fingerprint density at radius 2 is 1.95 bits per heavy atom. The first-order chi connectivity index (χ1) is 9.22. The number of ether oxygens (including phenoxy) is 1. The van der Waals surface area contributed by atoms with Crippen LogP contribution in [0.5, 0.6) is 0 Å². The number of halogens is 1. The molecule has 0 amide bonds. The first kappa shape index (κ1) is 16.5. The largest absolute Gasteiger partial charge is 0.375 e. The van der Waals surface area contributed by atoms with Gasteiger partial charge in [0.2, 0.25) is 0 Å². The van der Waals surface area contributed by atoms with Gasteiger partial charge in [-0.05, 0) is 31.0 Å². The van der Waals surface area contributed by atoms with Gasteiger partial charge in [-0.2, -0.15) is 0 Å². The molecule has 1 aromatic rings. The van der Waals surface area contributed by atoms with Crippen molar-refractivity contribution in [3.8, 4) is 0 Å². The zero-order chi connectivity index (χ0) is 13.9. The van der Waals surface area contributed by atoms with E-state index in [2.05, 4.69) is 19.2 Å². The molecule has 0 aliphatic carbocycles. The second-order valence-corrected chi connectivity index (χ2v) is 5.47. The molecule has 0 aromatic heterocycles. The van der Waals surface area contributed by atoms with Gasteiger partial charge in [0.15, 0.2) is 0 Å². The normalized spacial score (nSPS) is 12.6. The van der Waals surface area contributed by atoms with Crippen LogP contribution in [0.25, 0.3) is 0 Å². The van der Waals surface area contributed by atoms with Crippen molar-refractivity contribution in [1.29, 1.82) is 0 Å². The number of hydrogen-bond donors (Lipinski definition) is 1. The molecule has 1 N–H and O–H groups in total. The first-order valence-corrected chi connectivity index (χ1v) is 7.65. The fourth-order valence-electron chi connectivity index (χ4n) is 1.95. The molecule has 2 nitrogen and oxygen atoms in total. The van der Waals surface area contributed by atoms with Gasteiger partial charge in [0.05, 0.1) is 13.2 Å². The van der Waals surface area contributed by atoms with Crippen LogP contribution >= 0.6 is 11.6 Å². The van der Waals surface area contributed by atoms with Gasteiger partial charge in [-0.1, -0.05) is 49.9 Å². The fourth-order valence-corrected chi connectivity index (χ4v) is 2.08. The Morgan fingerprint density at radius 3 is 2.63 bits per heavy atom. The van der Waals surface area contributed by atoms with E-state index < -0.39 is 0 Å². The van der Waals surface area contributed by atoms with Crippen LogP contribution in [0.1, 0.15) is 45.1 Å². The molecule has 1 atom stereocenters. The fraction of sp³-hybridized carbons (Fsp3) is 0.625. The van der Waals surface area contributed by atoms with Crippen LogP contribution in [0.4, 0.5) is 0 Å². The van der Waals surface area contributed by atoms with Crippen LogP contribution in [0.15, 0.2) is 24.3 Å². The third kappa shape index (κ3) is 8.25. The van der Waals surface area contributed by atoms with Crippen LogP contribution in [0, 0.1) is 0 Å². The smallest absolute Gasteiger partial charge is 0.0717 e. The minimum Gasteiger partial charge on any atom is -0.375 e. The first-order valence-electron chi connectivity index (χ1n) is 7.28. The molecule has 0 spiro atoms. The van der Waals surface area contributed by atoms with E-state index in [9.17, 15) is 0 Å². The minimum atomic E-state index is 0.589. The summed E-state index contributed by atoms with van der Waals surface area (Å²) in [6, 6.07) is 8.39. The molecule has 0 saturated carbocycles. The molecule has 0 fully saturated rings. The molecular weight excluding hydrogens is 258 g/mol. The minimum absolute atomic E-state index is 0.589. The molecule has 1 aromatic carbocycles.